The van der Waals surface area contributed by atoms with Gasteiger partial charge in [-0.3, -0.25) is 0 Å². The normalized spacial score (nSPS) is 10.5. The Morgan fingerprint density at radius 3 is 2.36 bits per heavy atom. The maximum atomic E-state index is 11.5. The molecule has 0 fully saturated rings. The largest absolute Gasteiger partial charge is 0.345 e. The lowest BCUT2D eigenvalue weighted by Gasteiger charge is -1.99. The van der Waals surface area contributed by atoms with Gasteiger partial charge in [0.05, 0.1) is 0 Å². The van der Waals surface area contributed by atoms with Gasteiger partial charge in [-0.25, -0.2) is 0 Å². The van der Waals surface area contributed by atoms with Crippen molar-refractivity contribution in [3.05, 3.63) is 42.5 Å². The van der Waals surface area contributed by atoms with E-state index in [0.29, 0.717) is 5.56 Å². The van der Waals surface area contributed by atoms with E-state index in [1.54, 1.807) is 30.3 Å². The number of benzene rings is 1. The number of hydrogen-bond acceptors (Lipinski definition) is 1. The molecule has 1 aromatic rings. The lowest BCUT2D eigenvalue weighted by molar-refractivity contribution is -0.0972. The van der Waals surface area contributed by atoms with Gasteiger partial charge in [-0.15, -0.1) is 0 Å². The van der Waals surface area contributed by atoms with Crippen LogP contribution in [0, 0.1) is 6.61 Å². The van der Waals surface area contributed by atoms with Gasteiger partial charge in [0.1, 0.15) is 6.61 Å². The first kappa shape index (κ1) is 8.14. The van der Waals surface area contributed by atoms with Crippen LogP contribution in [0.25, 0.3) is 0 Å². The van der Waals surface area contributed by atoms with E-state index in [2.05, 4.69) is 4.74 Å². The molecule has 0 saturated carbocycles. The summed E-state index contributed by atoms with van der Waals surface area (Å²) in [5, 5.41) is 0. The van der Waals surface area contributed by atoms with Crippen molar-refractivity contribution in [3.63, 3.8) is 0 Å². The SMILES string of the molecule is FC(F)O[CH]c1ccccc1. The second-order valence-electron chi connectivity index (χ2n) is 1.93. The maximum Gasteiger partial charge on any atom is 0.345 e. The van der Waals surface area contributed by atoms with Crippen LogP contribution in [0.4, 0.5) is 8.78 Å². The van der Waals surface area contributed by atoms with E-state index in [9.17, 15) is 8.78 Å². The molecule has 0 saturated heterocycles. The number of hydrogen-bond donors (Lipinski definition) is 0. The van der Waals surface area contributed by atoms with Crippen LogP contribution >= 0.6 is 0 Å². The smallest absolute Gasteiger partial charge is 0.312 e. The summed E-state index contributed by atoms with van der Waals surface area (Å²) in [6.07, 6.45) is 0. The van der Waals surface area contributed by atoms with Gasteiger partial charge in [0.15, 0.2) is 0 Å². The average Bonchev–Trinajstić information content (AvgIpc) is 2.03. The van der Waals surface area contributed by atoms with Crippen LogP contribution < -0.4 is 0 Å². The standard InChI is InChI=1S/C8H7F2O/c9-8(10)11-6-7-4-2-1-3-5-7/h1-6,8H. The Bertz CT molecular complexity index is 199. The highest BCUT2D eigenvalue weighted by atomic mass is 19.3. The van der Waals surface area contributed by atoms with Gasteiger partial charge in [-0.1, -0.05) is 30.3 Å². The van der Waals surface area contributed by atoms with Crippen molar-refractivity contribution < 1.29 is 13.5 Å². The van der Waals surface area contributed by atoms with Gasteiger partial charge in [-0.05, 0) is 5.56 Å². The van der Waals surface area contributed by atoms with Crippen molar-refractivity contribution in [1.82, 2.24) is 0 Å². The van der Waals surface area contributed by atoms with Gasteiger partial charge in [-0.2, -0.15) is 8.78 Å². The fraction of sp³-hybridized carbons (Fsp3) is 0.125. The topological polar surface area (TPSA) is 9.23 Å². The van der Waals surface area contributed by atoms with E-state index in [4.69, 9.17) is 0 Å². The van der Waals surface area contributed by atoms with Crippen LogP contribution in [0.3, 0.4) is 0 Å². The third-order valence-electron chi connectivity index (χ3n) is 1.11. The minimum absolute atomic E-state index is 0.632. The number of halogens is 2. The Hall–Kier alpha value is -0.960. The van der Waals surface area contributed by atoms with Crippen LogP contribution in [-0.4, -0.2) is 6.61 Å². The molecule has 0 amide bonds. The number of alkyl halides is 2. The molecule has 0 heterocycles. The predicted octanol–water partition coefficient (Wildman–Crippen LogP) is 2.44. The summed E-state index contributed by atoms with van der Waals surface area (Å²) in [5.41, 5.74) is 0.632. The molecule has 1 radical (unpaired) electrons. The number of ether oxygens (including phenoxy) is 1. The summed E-state index contributed by atoms with van der Waals surface area (Å²) in [5.74, 6) is 0. The minimum Gasteiger partial charge on any atom is -0.312 e. The van der Waals surface area contributed by atoms with Crippen molar-refractivity contribution in [2.75, 3.05) is 0 Å². The van der Waals surface area contributed by atoms with Gasteiger partial charge in [0.2, 0.25) is 0 Å². The lowest BCUT2D eigenvalue weighted by Crippen LogP contribution is -1.96. The quantitative estimate of drug-likeness (QED) is 0.654. The molecule has 1 nitrogen and oxygen atoms in total. The summed E-state index contributed by atoms with van der Waals surface area (Å²) in [6.45, 7) is -1.71. The third kappa shape index (κ3) is 3.09. The van der Waals surface area contributed by atoms with Crippen LogP contribution in [0.1, 0.15) is 5.56 Å². The molecule has 0 spiro atoms. The van der Waals surface area contributed by atoms with Crippen LogP contribution in [0.5, 0.6) is 0 Å². The van der Waals surface area contributed by atoms with Crippen molar-refractivity contribution in [3.8, 4) is 0 Å². The molecule has 0 N–H and O–H groups in total. The van der Waals surface area contributed by atoms with Crippen LogP contribution in [0.15, 0.2) is 30.3 Å². The third-order valence-corrected chi connectivity index (χ3v) is 1.11. The molecule has 0 aliphatic rings. The lowest BCUT2D eigenvalue weighted by atomic mass is 10.2. The Morgan fingerprint density at radius 1 is 1.18 bits per heavy atom. The zero-order chi connectivity index (χ0) is 8.10. The molecular formula is C8H7F2O. The summed E-state index contributed by atoms with van der Waals surface area (Å²) in [4.78, 5) is 0. The Labute approximate surface area is 63.6 Å². The van der Waals surface area contributed by atoms with E-state index >= 15 is 0 Å². The highest BCUT2D eigenvalue weighted by molar-refractivity contribution is 5.19. The highest BCUT2D eigenvalue weighted by Crippen LogP contribution is 2.06. The first-order valence-electron chi connectivity index (χ1n) is 3.11. The molecule has 1 rings (SSSR count). The molecule has 0 unspecified atom stereocenters. The predicted molar refractivity (Wildman–Crippen MR) is 36.9 cm³/mol. The number of rotatable bonds is 3. The van der Waals surface area contributed by atoms with Gasteiger partial charge >= 0.3 is 6.61 Å². The van der Waals surface area contributed by atoms with Crippen molar-refractivity contribution in [2.45, 2.75) is 6.61 Å². The fourth-order valence-corrected chi connectivity index (χ4v) is 0.662. The minimum atomic E-state index is -2.74. The van der Waals surface area contributed by atoms with Gasteiger partial charge < -0.3 is 4.74 Å². The van der Waals surface area contributed by atoms with Crippen LogP contribution in [0.2, 0.25) is 0 Å². The van der Waals surface area contributed by atoms with Gasteiger partial charge in [0.25, 0.3) is 0 Å². The first-order valence-corrected chi connectivity index (χ1v) is 3.11. The monoisotopic (exact) mass is 157 g/mol. The first-order chi connectivity index (χ1) is 5.29. The summed E-state index contributed by atoms with van der Waals surface area (Å²) >= 11 is 0. The Morgan fingerprint density at radius 2 is 1.82 bits per heavy atom. The summed E-state index contributed by atoms with van der Waals surface area (Å²) in [6, 6.07) is 8.67. The molecule has 1 aromatic carbocycles. The highest BCUT2D eigenvalue weighted by Gasteiger charge is 2.01. The van der Waals surface area contributed by atoms with E-state index in [1.807, 2.05) is 0 Å². The molecule has 59 valence electrons. The summed E-state index contributed by atoms with van der Waals surface area (Å²) in [7, 11) is 0. The average molecular weight is 157 g/mol. The van der Waals surface area contributed by atoms with E-state index in [-0.39, 0.29) is 0 Å². The molecule has 0 aliphatic carbocycles. The second-order valence-corrected chi connectivity index (χ2v) is 1.93. The van der Waals surface area contributed by atoms with E-state index in [0.717, 1.165) is 6.61 Å². The Kier molecular flexibility index (Phi) is 2.98. The molecule has 3 heteroatoms. The van der Waals surface area contributed by atoms with E-state index < -0.39 is 6.61 Å². The zero-order valence-electron chi connectivity index (χ0n) is 5.71. The molecule has 0 atom stereocenters. The van der Waals surface area contributed by atoms with Crippen LogP contribution in [-0.2, 0) is 4.74 Å². The molecule has 0 aliphatic heterocycles. The van der Waals surface area contributed by atoms with E-state index in [1.165, 1.54) is 0 Å². The summed E-state index contributed by atoms with van der Waals surface area (Å²) < 4.78 is 26.9. The second kappa shape index (κ2) is 4.03. The fourth-order valence-electron chi connectivity index (χ4n) is 0.662. The molecule has 0 bridgehead atoms. The zero-order valence-corrected chi connectivity index (χ0v) is 5.71. The Balaban J connectivity index is 2.39. The molecule has 0 aromatic heterocycles. The molecule has 11 heavy (non-hydrogen) atoms. The van der Waals surface area contributed by atoms with Gasteiger partial charge in [0, 0.05) is 0 Å². The van der Waals surface area contributed by atoms with Crippen molar-refractivity contribution >= 4 is 0 Å². The maximum absolute atomic E-state index is 11.5. The van der Waals surface area contributed by atoms with Crippen molar-refractivity contribution in [1.29, 1.82) is 0 Å². The molecular weight excluding hydrogens is 150 g/mol. The van der Waals surface area contributed by atoms with Crippen molar-refractivity contribution in [2.24, 2.45) is 0 Å².